The molecule has 0 spiro atoms. The molecule has 3 heterocycles. The third-order valence-corrected chi connectivity index (χ3v) is 4.53. The van der Waals surface area contributed by atoms with Crippen LogP contribution in [-0.2, 0) is 25.9 Å². The topological polar surface area (TPSA) is 55.6 Å². The zero-order valence-electron chi connectivity index (χ0n) is 13.4. The number of hydrogen-bond acceptors (Lipinski definition) is 4. The van der Waals surface area contributed by atoms with Crippen LogP contribution in [0, 0.1) is 0 Å². The molecule has 5 nitrogen and oxygen atoms in total. The van der Waals surface area contributed by atoms with E-state index < -0.39 is 0 Å². The van der Waals surface area contributed by atoms with Gasteiger partial charge in [0.2, 0.25) is 0 Å². The highest BCUT2D eigenvalue weighted by Gasteiger charge is 2.18. The Labute approximate surface area is 135 Å². The van der Waals surface area contributed by atoms with Crippen molar-refractivity contribution in [1.29, 1.82) is 0 Å². The van der Waals surface area contributed by atoms with Gasteiger partial charge in [-0.15, -0.1) is 0 Å². The second-order valence-electron chi connectivity index (χ2n) is 6.05. The lowest BCUT2D eigenvalue weighted by Gasteiger charge is -2.13. The summed E-state index contributed by atoms with van der Waals surface area (Å²) in [5.74, 6) is 1.97. The Hall–Kier alpha value is -2.43. The summed E-state index contributed by atoms with van der Waals surface area (Å²) >= 11 is 0. The summed E-state index contributed by atoms with van der Waals surface area (Å²) in [4.78, 5) is 13.6. The molecule has 0 unspecified atom stereocenters. The van der Waals surface area contributed by atoms with Gasteiger partial charge in [-0.3, -0.25) is 0 Å². The third kappa shape index (κ3) is 2.67. The van der Waals surface area contributed by atoms with Gasteiger partial charge < -0.3 is 9.88 Å². The van der Waals surface area contributed by atoms with Gasteiger partial charge in [0.1, 0.15) is 12.2 Å². The zero-order valence-corrected chi connectivity index (χ0v) is 13.4. The maximum absolute atomic E-state index is 4.77. The summed E-state index contributed by atoms with van der Waals surface area (Å²) in [7, 11) is 0. The van der Waals surface area contributed by atoms with Crippen LogP contribution in [0.15, 0.2) is 30.6 Å². The maximum Gasteiger partial charge on any atom is 0.165 e. The van der Waals surface area contributed by atoms with Crippen LogP contribution in [0.25, 0.3) is 11.2 Å². The Balaban J connectivity index is 1.59. The van der Waals surface area contributed by atoms with E-state index in [1.807, 2.05) is 0 Å². The highest BCUT2D eigenvalue weighted by Crippen LogP contribution is 2.24. The Kier molecular flexibility index (Phi) is 3.69. The lowest BCUT2D eigenvalue weighted by Crippen LogP contribution is -2.10. The zero-order chi connectivity index (χ0) is 15.6. The SMILES string of the molecule is CCc1ccc(CNc2ncnc3c2nc2n3CCCC2)cc1. The summed E-state index contributed by atoms with van der Waals surface area (Å²) in [6.07, 6.45) is 6.15. The fourth-order valence-electron chi connectivity index (χ4n) is 3.17. The Bertz CT molecular complexity index is 819. The number of nitrogens with zero attached hydrogens (tertiary/aromatic N) is 4. The average molecular weight is 307 g/mol. The van der Waals surface area contributed by atoms with Crippen molar-refractivity contribution < 1.29 is 0 Å². The molecule has 0 radical (unpaired) electrons. The standard InChI is InChI=1S/C18H21N5/c1-2-13-6-8-14(9-7-13)11-19-17-16-18(21-12-20-17)23-10-4-3-5-15(23)22-16/h6-9,12H,2-5,10-11H2,1H3,(H,19,20,21). The van der Waals surface area contributed by atoms with E-state index in [0.717, 1.165) is 48.7 Å². The number of nitrogens with one attached hydrogen (secondary N) is 1. The molecular formula is C18H21N5. The highest BCUT2D eigenvalue weighted by atomic mass is 15.2. The molecule has 2 aromatic heterocycles. The van der Waals surface area contributed by atoms with Gasteiger partial charge in [-0.05, 0) is 30.4 Å². The fourth-order valence-corrected chi connectivity index (χ4v) is 3.17. The van der Waals surface area contributed by atoms with Crippen molar-refractivity contribution in [2.75, 3.05) is 5.32 Å². The van der Waals surface area contributed by atoms with Gasteiger partial charge in [-0.2, -0.15) is 0 Å². The molecular weight excluding hydrogens is 286 g/mol. The minimum absolute atomic E-state index is 0.748. The molecule has 1 aromatic carbocycles. The van der Waals surface area contributed by atoms with E-state index in [0.29, 0.717) is 0 Å². The van der Waals surface area contributed by atoms with Gasteiger partial charge >= 0.3 is 0 Å². The first-order valence-corrected chi connectivity index (χ1v) is 8.37. The molecule has 1 aliphatic rings. The van der Waals surface area contributed by atoms with Gasteiger partial charge in [0.15, 0.2) is 17.0 Å². The van der Waals surface area contributed by atoms with Crippen LogP contribution in [0.4, 0.5) is 5.82 Å². The Morgan fingerprint density at radius 2 is 1.91 bits per heavy atom. The number of aryl methyl sites for hydroxylation is 3. The number of imidazole rings is 1. The predicted octanol–water partition coefficient (Wildman–Crippen LogP) is 3.34. The summed E-state index contributed by atoms with van der Waals surface area (Å²) in [5, 5.41) is 3.42. The van der Waals surface area contributed by atoms with Crippen molar-refractivity contribution in [2.45, 2.75) is 45.7 Å². The predicted molar refractivity (Wildman–Crippen MR) is 91.4 cm³/mol. The van der Waals surface area contributed by atoms with Crippen LogP contribution in [0.5, 0.6) is 0 Å². The minimum atomic E-state index is 0.748. The molecule has 0 fully saturated rings. The number of anilines is 1. The molecule has 118 valence electrons. The molecule has 1 aliphatic heterocycles. The molecule has 3 aromatic rings. The van der Waals surface area contributed by atoms with Crippen molar-refractivity contribution >= 4 is 17.0 Å². The van der Waals surface area contributed by atoms with Crippen LogP contribution in [0.3, 0.4) is 0 Å². The van der Waals surface area contributed by atoms with Gasteiger partial charge in [0.25, 0.3) is 0 Å². The molecule has 0 saturated carbocycles. The molecule has 23 heavy (non-hydrogen) atoms. The largest absolute Gasteiger partial charge is 0.364 e. The Morgan fingerprint density at radius 3 is 2.74 bits per heavy atom. The quantitative estimate of drug-likeness (QED) is 0.803. The molecule has 5 heteroatoms. The first-order valence-electron chi connectivity index (χ1n) is 8.37. The van der Waals surface area contributed by atoms with Gasteiger partial charge in [0.05, 0.1) is 0 Å². The van der Waals surface area contributed by atoms with Gasteiger partial charge in [0, 0.05) is 19.5 Å². The van der Waals surface area contributed by atoms with E-state index in [1.165, 1.54) is 24.0 Å². The first kappa shape index (κ1) is 14.2. The van der Waals surface area contributed by atoms with E-state index >= 15 is 0 Å². The second kappa shape index (κ2) is 5.99. The second-order valence-corrected chi connectivity index (χ2v) is 6.05. The summed E-state index contributed by atoms with van der Waals surface area (Å²) in [6.45, 7) is 3.93. The number of rotatable bonds is 4. The molecule has 0 amide bonds. The lowest BCUT2D eigenvalue weighted by molar-refractivity contribution is 0.530. The molecule has 0 saturated heterocycles. The number of benzene rings is 1. The summed E-state index contributed by atoms with van der Waals surface area (Å²) in [6, 6.07) is 8.70. The molecule has 0 bridgehead atoms. The number of fused-ring (bicyclic) bond motifs is 3. The molecule has 0 atom stereocenters. The molecule has 4 rings (SSSR count). The fraction of sp³-hybridized carbons (Fsp3) is 0.389. The van der Waals surface area contributed by atoms with E-state index in [2.05, 4.69) is 51.0 Å². The minimum Gasteiger partial charge on any atom is -0.364 e. The van der Waals surface area contributed by atoms with Crippen molar-refractivity contribution in [3.8, 4) is 0 Å². The first-order chi connectivity index (χ1) is 11.3. The van der Waals surface area contributed by atoms with Crippen molar-refractivity contribution in [3.63, 3.8) is 0 Å². The normalized spacial score (nSPS) is 14.0. The summed E-state index contributed by atoms with van der Waals surface area (Å²) in [5.41, 5.74) is 4.46. The van der Waals surface area contributed by atoms with Gasteiger partial charge in [-0.1, -0.05) is 31.2 Å². The molecule has 0 aliphatic carbocycles. The Morgan fingerprint density at radius 1 is 1.09 bits per heavy atom. The smallest absolute Gasteiger partial charge is 0.165 e. The van der Waals surface area contributed by atoms with Crippen molar-refractivity contribution in [2.24, 2.45) is 0 Å². The van der Waals surface area contributed by atoms with Crippen LogP contribution in [0.1, 0.15) is 36.7 Å². The summed E-state index contributed by atoms with van der Waals surface area (Å²) < 4.78 is 2.24. The monoisotopic (exact) mass is 307 g/mol. The highest BCUT2D eigenvalue weighted by molar-refractivity contribution is 5.83. The van der Waals surface area contributed by atoms with Crippen LogP contribution < -0.4 is 5.32 Å². The number of aromatic nitrogens is 4. The van der Waals surface area contributed by atoms with Crippen LogP contribution >= 0.6 is 0 Å². The average Bonchev–Trinajstić information content (AvgIpc) is 3.00. The van der Waals surface area contributed by atoms with Crippen LogP contribution in [-0.4, -0.2) is 19.5 Å². The van der Waals surface area contributed by atoms with Crippen LogP contribution in [0.2, 0.25) is 0 Å². The maximum atomic E-state index is 4.77. The van der Waals surface area contributed by atoms with Crippen molar-refractivity contribution in [1.82, 2.24) is 19.5 Å². The van der Waals surface area contributed by atoms with E-state index in [4.69, 9.17) is 4.98 Å². The third-order valence-electron chi connectivity index (χ3n) is 4.53. The molecule has 1 N–H and O–H groups in total. The van der Waals surface area contributed by atoms with E-state index in [-0.39, 0.29) is 0 Å². The van der Waals surface area contributed by atoms with E-state index in [9.17, 15) is 0 Å². The van der Waals surface area contributed by atoms with Gasteiger partial charge in [-0.25, -0.2) is 15.0 Å². The van der Waals surface area contributed by atoms with E-state index in [1.54, 1.807) is 6.33 Å². The van der Waals surface area contributed by atoms with Crippen molar-refractivity contribution in [3.05, 3.63) is 47.5 Å². The lowest BCUT2D eigenvalue weighted by atomic mass is 10.1. The number of hydrogen-bond donors (Lipinski definition) is 1.